The van der Waals surface area contributed by atoms with Gasteiger partial charge in [-0.25, -0.2) is 4.39 Å². The number of quaternary nitrogens is 1. The summed E-state index contributed by atoms with van der Waals surface area (Å²) in [5, 5.41) is 2.61. The average Bonchev–Trinajstić information content (AvgIpc) is 2.38. The summed E-state index contributed by atoms with van der Waals surface area (Å²) in [6.45, 7) is 6.68. The van der Waals surface area contributed by atoms with Crippen molar-refractivity contribution in [3.05, 3.63) is 30.1 Å². The fourth-order valence-electron chi connectivity index (χ4n) is 2.66. The number of carbonyl (C=O) groups excluding carboxylic acids is 1. The van der Waals surface area contributed by atoms with Gasteiger partial charge in [-0.15, -0.1) is 0 Å². The summed E-state index contributed by atoms with van der Waals surface area (Å²) in [6, 6.07) is 6.21. The molecule has 5 heteroatoms. The molecular formula is C15H22FN2O2+. The normalized spacial score (nSPS) is 26.2. The maximum absolute atomic E-state index is 13.4. The van der Waals surface area contributed by atoms with Crippen LogP contribution in [0.25, 0.3) is 0 Å². The molecule has 0 saturated carbocycles. The Labute approximate surface area is 118 Å². The van der Waals surface area contributed by atoms with Crippen LogP contribution in [0.15, 0.2) is 24.3 Å². The van der Waals surface area contributed by atoms with Gasteiger partial charge >= 0.3 is 0 Å². The average molecular weight is 281 g/mol. The third kappa shape index (κ3) is 4.28. The number of hydrogen-bond acceptors (Lipinski definition) is 2. The molecule has 1 saturated heterocycles. The minimum Gasteiger partial charge on any atom is -0.364 e. The van der Waals surface area contributed by atoms with Gasteiger partial charge in [-0.3, -0.25) is 4.79 Å². The number of carbonyl (C=O) groups is 1. The molecule has 4 nitrogen and oxygen atoms in total. The Morgan fingerprint density at radius 3 is 2.65 bits per heavy atom. The van der Waals surface area contributed by atoms with Crippen LogP contribution in [-0.2, 0) is 9.53 Å². The summed E-state index contributed by atoms with van der Waals surface area (Å²) in [5.74, 6) is -0.545. The molecule has 2 rings (SSSR count). The molecule has 1 aromatic carbocycles. The Kier molecular flexibility index (Phi) is 5.09. The van der Waals surface area contributed by atoms with Crippen molar-refractivity contribution in [1.82, 2.24) is 0 Å². The van der Waals surface area contributed by atoms with E-state index in [0.717, 1.165) is 19.6 Å². The van der Waals surface area contributed by atoms with Gasteiger partial charge < -0.3 is 15.0 Å². The Morgan fingerprint density at radius 1 is 1.35 bits per heavy atom. The lowest BCUT2D eigenvalue weighted by Gasteiger charge is -2.32. The lowest BCUT2D eigenvalue weighted by atomic mass is 10.2. The first-order valence-corrected chi connectivity index (χ1v) is 7.08. The van der Waals surface area contributed by atoms with Gasteiger partial charge in [0.15, 0.2) is 0 Å². The fourth-order valence-corrected chi connectivity index (χ4v) is 2.66. The quantitative estimate of drug-likeness (QED) is 0.859. The molecule has 0 aromatic heterocycles. The van der Waals surface area contributed by atoms with Crippen LogP contribution in [0.5, 0.6) is 0 Å². The summed E-state index contributed by atoms with van der Waals surface area (Å²) in [6.07, 6.45) is 0.843. The third-order valence-electron chi connectivity index (χ3n) is 3.47. The first-order chi connectivity index (χ1) is 9.54. The minimum absolute atomic E-state index is 0.144. The van der Waals surface area contributed by atoms with Crippen molar-refractivity contribution in [3.8, 4) is 0 Å². The van der Waals surface area contributed by atoms with Gasteiger partial charge in [0.05, 0.1) is 18.7 Å². The van der Waals surface area contributed by atoms with E-state index < -0.39 is 5.82 Å². The van der Waals surface area contributed by atoms with Gasteiger partial charge in [0.1, 0.15) is 31.1 Å². The second-order valence-electron chi connectivity index (χ2n) is 5.44. The van der Waals surface area contributed by atoms with Crippen molar-refractivity contribution >= 4 is 11.6 Å². The zero-order chi connectivity index (χ0) is 14.5. The number of benzene rings is 1. The molecule has 0 spiro atoms. The van der Waals surface area contributed by atoms with Crippen molar-refractivity contribution in [2.75, 3.05) is 25.0 Å². The predicted octanol–water partition coefficient (Wildman–Crippen LogP) is 0.846. The molecule has 2 N–H and O–H groups in total. The van der Waals surface area contributed by atoms with Crippen molar-refractivity contribution in [1.29, 1.82) is 0 Å². The number of anilines is 1. The largest absolute Gasteiger partial charge is 0.364 e. The van der Waals surface area contributed by atoms with E-state index in [1.165, 1.54) is 11.0 Å². The molecule has 20 heavy (non-hydrogen) atoms. The standard InChI is InChI=1S/C15H21FN2O2/c1-11-9-18(10-12(2)20-11)8-7-15(19)17-14-6-4-3-5-13(14)16/h3-6,11-12H,7-10H2,1-2H3,(H,17,19)/p+1/t11-,12-/m1/s1. The molecule has 0 unspecified atom stereocenters. The summed E-state index contributed by atoms with van der Waals surface area (Å²) in [4.78, 5) is 13.2. The Hall–Kier alpha value is -1.46. The van der Waals surface area contributed by atoms with Crippen molar-refractivity contribution in [3.63, 3.8) is 0 Å². The van der Waals surface area contributed by atoms with Gasteiger partial charge in [-0.2, -0.15) is 0 Å². The van der Waals surface area contributed by atoms with E-state index in [-0.39, 0.29) is 23.8 Å². The van der Waals surface area contributed by atoms with Gasteiger partial charge in [0.25, 0.3) is 0 Å². The number of nitrogens with one attached hydrogen (secondary N) is 2. The maximum Gasteiger partial charge on any atom is 0.230 e. The lowest BCUT2D eigenvalue weighted by Crippen LogP contribution is -3.15. The summed E-state index contributed by atoms with van der Waals surface area (Å²) in [5.41, 5.74) is 0.246. The molecule has 0 aliphatic carbocycles. The van der Waals surface area contributed by atoms with Crippen LogP contribution in [0.4, 0.5) is 10.1 Å². The molecule has 110 valence electrons. The second kappa shape index (κ2) is 6.81. The van der Waals surface area contributed by atoms with Crippen molar-refractivity contribution < 1.29 is 18.8 Å². The first kappa shape index (κ1) is 14.9. The summed E-state index contributed by atoms with van der Waals surface area (Å²) in [7, 11) is 0. The Balaban J connectivity index is 1.79. The zero-order valence-electron chi connectivity index (χ0n) is 12.0. The van der Waals surface area contributed by atoms with Crippen LogP contribution in [0.3, 0.4) is 0 Å². The molecule has 0 radical (unpaired) electrons. The second-order valence-corrected chi connectivity index (χ2v) is 5.44. The molecule has 1 heterocycles. The van der Waals surface area contributed by atoms with Crippen LogP contribution in [-0.4, -0.2) is 37.7 Å². The van der Waals surface area contributed by atoms with Gasteiger partial charge in [-0.05, 0) is 26.0 Å². The van der Waals surface area contributed by atoms with E-state index >= 15 is 0 Å². The van der Waals surface area contributed by atoms with E-state index in [2.05, 4.69) is 19.2 Å². The Morgan fingerprint density at radius 2 is 2.00 bits per heavy atom. The number of para-hydroxylation sites is 1. The smallest absolute Gasteiger partial charge is 0.230 e. The van der Waals surface area contributed by atoms with E-state index in [1.54, 1.807) is 18.2 Å². The topological polar surface area (TPSA) is 42.8 Å². The highest BCUT2D eigenvalue weighted by Crippen LogP contribution is 2.12. The zero-order valence-corrected chi connectivity index (χ0v) is 12.0. The molecular weight excluding hydrogens is 259 g/mol. The van der Waals surface area contributed by atoms with Crippen LogP contribution in [0, 0.1) is 5.82 Å². The SMILES string of the molecule is C[C@@H]1C[NH+](CCC(=O)Nc2ccccc2F)C[C@@H](C)O1. The van der Waals surface area contributed by atoms with Crippen LogP contribution >= 0.6 is 0 Å². The summed E-state index contributed by atoms with van der Waals surface area (Å²) >= 11 is 0. The highest BCUT2D eigenvalue weighted by atomic mass is 19.1. The fraction of sp³-hybridized carbons (Fsp3) is 0.533. The highest BCUT2D eigenvalue weighted by molar-refractivity contribution is 5.90. The monoisotopic (exact) mass is 281 g/mol. The molecule has 1 fully saturated rings. The minimum atomic E-state index is -0.401. The third-order valence-corrected chi connectivity index (χ3v) is 3.47. The van der Waals surface area contributed by atoms with Crippen LogP contribution in [0.2, 0.25) is 0 Å². The van der Waals surface area contributed by atoms with Crippen LogP contribution < -0.4 is 10.2 Å². The number of hydrogen-bond donors (Lipinski definition) is 2. The number of amides is 1. The van der Waals surface area contributed by atoms with Crippen molar-refractivity contribution in [2.24, 2.45) is 0 Å². The van der Waals surface area contributed by atoms with Gasteiger partial charge in [-0.1, -0.05) is 12.1 Å². The number of morpholine rings is 1. The van der Waals surface area contributed by atoms with E-state index in [0.29, 0.717) is 6.42 Å². The number of ether oxygens (including phenoxy) is 1. The van der Waals surface area contributed by atoms with E-state index in [9.17, 15) is 9.18 Å². The van der Waals surface area contributed by atoms with Crippen molar-refractivity contribution in [2.45, 2.75) is 32.5 Å². The van der Waals surface area contributed by atoms with Crippen LogP contribution in [0.1, 0.15) is 20.3 Å². The lowest BCUT2D eigenvalue weighted by molar-refractivity contribution is -0.914. The molecule has 1 aromatic rings. The molecule has 0 bridgehead atoms. The van der Waals surface area contributed by atoms with Gasteiger partial charge in [0.2, 0.25) is 5.91 Å². The first-order valence-electron chi connectivity index (χ1n) is 7.08. The molecule has 1 amide bonds. The van der Waals surface area contributed by atoms with E-state index in [4.69, 9.17) is 4.74 Å². The Bertz CT molecular complexity index is 457. The highest BCUT2D eigenvalue weighted by Gasteiger charge is 2.25. The molecule has 1 aliphatic heterocycles. The van der Waals surface area contributed by atoms with Gasteiger partial charge in [0, 0.05) is 0 Å². The number of halogens is 1. The van der Waals surface area contributed by atoms with E-state index in [1.807, 2.05) is 0 Å². The number of rotatable bonds is 4. The predicted molar refractivity (Wildman–Crippen MR) is 75.2 cm³/mol. The molecule has 2 atom stereocenters. The molecule has 1 aliphatic rings. The summed E-state index contributed by atoms with van der Waals surface area (Å²) < 4.78 is 19.1. The maximum atomic E-state index is 13.4.